The predicted molar refractivity (Wildman–Crippen MR) is 91.5 cm³/mol. The van der Waals surface area contributed by atoms with Gasteiger partial charge in [-0.3, -0.25) is 14.5 Å². The second-order valence-electron chi connectivity index (χ2n) is 6.30. The van der Waals surface area contributed by atoms with Gasteiger partial charge in [-0.1, -0.05) is 0 Å². The van der Waals surface area contributed by atoms with Crippen molar-refractivity contribution in [3.8, 4) is 0 Å². The van der Waals surface area contributed by atoms with Crippen LogP contribution in [0.1, 0.15) is 11.9 Å². The number of hydrogen-bond acceptors (Lipinski definition) is 7. The van der Waals surface area contributed by atoms with Crippen molar-refractivity contribution in [2.24, 2.45) is 0 Å². The maximum absolute atomic E-state index is 11.7. The van der Waals surface area contributed by atoms with Gasteiger partial charge in [0.05, 0.1) is 24.5 Å². The Labute approximate surface area is 144 Å². The Morgan fingerprint density at radius 1 is 1.42 bits per heavy atom. The molecule has 4 rings (SSSR count). The van der Waals surface area contributed by atoms with Gasteiger partial charge >= 0.3 is 6.03 Å². The number of nitrogens with one attached hydrogen (secondary N) is 1. The van der Waals surface area contributed by atoms with Crippen molar-refractivity contribution in [2.75, 3.05) is 50.1 Å². The zero-order chi connectivity index (χ0) is 16.7. The Hall–Kier alpha value is -2.20. The van der Waals surface area contributed by atoms with Crippen LogP contribution in [0, 0.1) is 0 Å². The Morgan fingerprint density at radius 3 is 2.92 bits per heavy atom. The van der Waals surface area contributed by atoms with Gasteiger partial charge in [-0.05, 0) is 0 Å². The summed E-state index contributed by atoms with van der Waals surface area (Å²) < 4.78 is 6.35. The van der Waals surface area contributed by atoms with Crippen LogP contribution >= 0.6 is 11.5 Å². The molecular weight excluding hydrogens is 328 g/mol. The molecule has 0 aromatic carbocycles. The van der Waals surface area contributed by atoms with E-state index in [0.717, 1.165) is 36.3 Å². The van der Waals surface area contributed by atoms with Crippen LogP contribution in [-0.4, -0.2) is 70.3 Å². The Bertz CT molecular complexity index is 735. The topological polar surface area (TPSA) is 82.4 Å². The highest BCUT2D eigenvalue weighted by Gasteiger charge is 2.31. The van der Waals surface area contributed by atoms with Crippen LogP contribution in [0.25, 0.3) is 0 Å². The number of nitrogens with zero attached hydrogens (tertiary/aromatic N) is 7. The fraction of sp³-hybridized carbons (Fsp3) is 0.571. The van der Waals surface area contributed by atoms with Gasteiger partial charge in [0.25, 0.3) is 0 Å². The minimum absolute atomic E-state index is 0.0453. The number of rotatable bonds is 5. The summed E-state index contributed by atoms with van der Waals surface area (Å²) in [6.45, 7) is 4.00. The quantitative estimate of drug-likeness (QED) is 0.842. The number of anilines is 2. The normalized spacial score (nSPS) is 18.8. The molecule has 0 bridgehead atoms. The molecule has 0 atom stereocenters. The van der Waals surface area contributed by atoms with Crippen molar-refractivity contribution in [1.82, 2.24) is 29.4 Å². The lowest BCUT2D eigenvalue weighted by Gasteiger charge is -2.38. The van der Waals surface area contributed by atoms with Gasteiger partial charge in [-0.15, -0.1) is 0 Å². The third kappa shape index (κ3) is 2.82. The first-order valence-electron chi connectivity index (χ1n) is 7.92. The van der Waals surface area contributed by atoms with Gasteiger partial charge in [0.1, 0.15) is 0 Å². The lowest BCUT2D eigenvalue weighted by Crippen LogP contribution is -2.47. The number of likely N-dealkylation sites (tertiary alicyclic amines) is 1. The molecule has 2 fully saturated rings. The van der Waals surface area contributed by atoms with Crippen molar-refractivity contribution >= 4 is 28.4 Å². The average molecular weight is 348 g/mol. The number of aromatic nitrogens is 4. The smallest absolute Gasteiger partial charge is 0.322 e. The van der Waals surface area contributed by atoms with Crippen molar-refractivity contribution in [2.45, 2.75) is 12.6 Å². The molecule has 2 amide bonds. The summed E-state index contributed by atoms with van der Waals surface area (Å²) in [5.41, 5.74) is 0.861. The second kappa shape index (κ2) is 6.02. The Morgan fingerprint density at radius 2 is 2.25 bits per heavy atom. The van der Waals surface area contributed by atoms with Gasteiger partial charge < -0.3 is 10.2 Å². The standard InChI is InChI=1S/C14H20N8OS/c1-19(2)14-17-12(18-24-14)9-20-6-11(7-20)22-8-10(5-16-22)21-4-3-15-13(21)23/h5,8,11H,3-4,6-7,9H2,1-2H3,(H,15,23). The first-order chi connectivity index (χ1) is 11.6. The number of hydrogen-bond donors (Lipinski definition) is 1. The molecule has 1 N–H and O–H groups in total. The molecule has 2 aliphatic rings. The summed E-state index contributed by atoms with van der Waals surface area (Å²) in [7, 11) is 3.94. The highest BCUT2D eigenvalue weighted by atomic mass is 32.1. The van der Waals surface area contributed by atoms with Gasteiger partial charge in [-0.2, -0.15) is 9.47 Å². The molecule has 0 unspecified atom stereocenters. The molecule has 0 spiro atoms. The van der Waals surface area contributed by atoms with E-state index in [-0.39, 0.29) is 6.03 Å². The largest absolute Gasteiger partial charge is 0.353 e. The van der Waals surface area contributed by atoms with Crippen LogP contribution in [0.2, 0.25) is 0 Å². The van der Waals surface area contributed by atoms with E-state index in [1.807, 2.05) is 29.9 Å². The molecule has 10 heteroatoms. The van der Waals surface area contributed by atoms with E-state index in [0.29, 0.717) is 19.1 Å². The highest BCUT2D eigenvalue weighted by Crippen LogP contribution is 2.25. The first-order valence-corrected chi connectivity index (χ1v) is 8.69. The molecule has 2 aliphatic heterocycles. The van der Waals surface area contributed by atoms with Gasteiger partial charge in [0.15, 0.2) is 5.82 Å². The van der Waals surface area contributed by atoms with Gasteiger partial charge in [-0.25, -0.2) is 9.78 Å². The molecule has 2 aromatic rings. The molecule has 2 aromatic heterocycles. The van der Waals surface area contributed by atoms with Crippen LogP contribution in [-0.2, 0) is 6.54 Å². The summed E-state index contributed by atoms with van der Waals surface area (Å²) in [4.78, 5) is 22.2. The highest BCUT2D eigenvalue weighted by molar-refractivity contribution is 7.09. The molecular formula is C14H20N8OS. The predicted octanol–water partition coefficient (Wildman–Crippen LogP) is 0.387. The van der Waals surface area contributed by atoms with E-state index in [9.17, 15) is 4.79 Å². The zero-order valence-corrected chi connectivity index (χ0v) is 14.5. The minimum Gasteiger partial charge on any atom is -0.353 e. The number of urea groups is 1. The average Bonchev–Trinajstić information content (AvgIpc) is 3.22. The molecule has 0 aliphatic carbocycles. The van der Waals surface area contributed by atoms with E-state index in [2.05, 4.69) is 24.7 Å². The number of carbonyl (C=O) groups excluding carboxylic acids is 1. The fourth-order valence-electron chi connectivity index (χ4n) is 2.91. The first kappa shape index (κ1) is 15.3. The van der Waals surface area contributed by atoms with Crippen molar-refractivity contribution in [1.29, 1.82) is 0 Å². The molecule has 24 heavy (non-hydrogen) atoms. The van der Waals surface area contributed by atoms with Gasteiger partial charge in [0, 0.05) is 58.0 Å². The minimum atomic E-state index is -0.0453. The van der Waals surface area contributed by atoms with Crippen LogP contribution in [0.3, 0.4) is 0 Å². The van der Waals surface area contributed by atoms with Crippen molar-refractivity contribution in [3.05, 3.63) is 18.2 Å². The maximum atomic E-state index is 11.7. The van der Waals surface area contributed by atoms with Gasteiger partial charge in [0.2, 0.25) is 5.13 Å². The SMILES string of the molecule is CN(C)c1nc(CN2CC(n3cc(N4CCNC4=O)cn3)C2)ns1. The zero-order valence-electron chi connectivity index (χ0n) is 13.7. The Kier molecular flexibility index (Phi) is 3.85. The fourth-order valence-corrected chi connectivity index (χ4v) is 3.51. The second-order valence-corrected chi connectivity index (χ2v) is 7.03. The van der Waals surface area contributed by atoms with E-state index in [1.54, 1.807) is 11.1 Å². The summed E-state index contributed by atoms with van der Waals surface area (Å²) in [5, 5.41) is 8.16. The van der Waals surface area contributed by atoms with E-state index in [4.69, 9.17) is 0 Å². The number of carbonyl (C=O) groups is 1. The molecule has 9 nitrogen and oxygen atoms in total. The third-order valence-electron chi connectivity index (χ3n) is 4.27. The molecule has 0 radical (unpaired) electrons. The lowest BCUT2D eigenvalue weighted by molar-refractivity contribution is 0.0885. The Balaban J connectivity index is 1.32. The van der Waals surface area contributed by atoms with Crippen LogP contribution in [0.4, 0.5) is 15.6 Å². The van der Waals surface area contributed by atoms with Crippen molar-refractivity contribution in [3.63, 3.8) is 0 Å². The van der Waals surface area contributed by atoms with E-state index < -0.39 is 0 Å². The molecule has 0 saturated carbocycles. The molecule has 128 valence electrons. The van der Waals surface area contributed by atoms with E-state index >= 15 is 0 Å². The third-order valence-corrected chi connectivity index (χ3v) is 5.20. The van der Waals surface area contributed by atoms with Crippen molar-refractivity contribution < 1.29 is 4.79 Å². The summed E-state index contributed by atoms with van der Waals surface area (Å²) in [6, 6.07) is 0.299. The van der Waals surface area contributed by atoms with Crippen LogP contribution in [0.5, 0.6) is 0 Å². The van der Waals surface area contributed by atoms with Crippen LogP contribution < -0.4 is 15.1 Å². The molecule has 2 saturated heterocycles. The lowest BCUT2D eigenvalue weighted by atomic mass is 10.1. The summed E-state index contributed by atoms with van der Waals surface area (Å²) in [6.07, 6.45) is 3.72. The monoisotopic (exact) mass is 348 g/mol. The summed E-state index contributed by atoms with van der Waals surface area (Å²) in [5.74, 6) is 0.872. The maximum Gasteiger partial charge on any atom is 0.322 e. The molecule has 4 heterocycles. The van der Waals surface area contributed by atoms with E-state index in [1.165, 1.54) is 11.5 Å². The summed E-state index contributed by atoms with van der Waals surface area (Å²) >= 11 is 1.43. The number of amides is 2. The van der Waals surface area contributed by atoms with Crippen LogP contribution in [0.15, 0.2) is 12.4 Å².